The zero-order valence-corrected chi connectivity index (χ0v) is 27.6. The van der Waals surface area contributed by atoms with Gasteiger partial charge in [-0.15, -0.1) is 0 Å². The van der Waals surface area contributed by atoms with Crippen molar-refractivity contribution in [1.29, 1.82) is 0 Å². The molecule has 1 aromatic heterocycles. The molecule has 1 heterocycles. The van der Waals surface area contributed by atoms with Crippen molar-refractivity contribution in [2.45, 2.75) is 39.0 Å². The van der Waals surface area contributed by atoms with Crippen LogP contribution in [0.5, 0.6) is 5.75 Å². The van der Waals surface area contributed by atoms with Crippen molar-refractivity contribution in [2.75, 3.05) is 0 Å². The van der Waals surface area contributed by atoms with E-state index in [1.54, 1.807) is 31.2 Å². The normalized spacial score (nSPS) is 12.1. The molecule has 6 rings (SSSR count). The highest BCUT2D eigenvalue weighted by Crippen LogP contribution is 2.39. The van der Waals surface area contributed by atoms with E-state index in [2.05, 4.69) is 15.5 Å². The summed E-state index contributed by atoms with van der Waals surface area (Å²) in [4.78, 5) is 16.9. The highest BCUT2D eigenvalue weighted by molar-refractivity contribution is 6.31. The lowest BCUT2D eigenvalue weighted by Gasteiger charge is -2.20. The van der Waals surface area contributed by atoms with E-state index in [4.69, 9.17) is 20.9 Å². The molecule has 0 unspecified atom stereocenters. The second kappa shape index (κ2) is 14.7. The second-order valence-electron chi connectivity index (χ2n) is 11.7. The van der Waals surface area contributed by atoms with Crippen molar-refractivity contribution in [3.8, 4) is 39.1 Å². The van der Waals surface area contributed by atoms with E-state index in [0.29, 0.717) is 46.1 Å². The summed E-state index contributed by atoms with van der Waals surface area (Å²) in [6.07, 6.45) is -4.04. The van der Waals surface area contributed by atoms with Crippen molar-refractivity contribution in [3.05, 3.63) is 148 Å². The van der Waals surface area contributed by atoms with E-state index in [0.717, 1.165) is 34.4 Å². The van der Waals surface area contributed by atoms with Gasteiger partial charge in [0, 0.05) is 24.6 Å². The summed E-state index contributed by atoms with van der Waals surface area (Å²) in [6, 6.07) is 29.6. The fourth-order valence-electron chi connectivity index (χ4n) is 5.61. The van der Waals surface area contributed by atoms with Crippen molar-refractivity contribution in [2.24, 2.45) is 0 Å². The van der Waals surface area contributed by atoms with Gasteiger partial charge in [-0.25, -0.2) is 4.39 Å². The van der Waals surface area contributed by atoms with Gasteiger partial charge in [-0.2, -0.15) is 18.2 Å². The number of esters is 1. The maximum Gasteiger partial charge on any atom is 0.416 e. The van der Waals surface area contributed by atoms with E-state index in [9.17, 15) is 22.4 Å². The van der Waals surface area contributed by atoms with Gasteiger partial charge in [0.2, 0.25) is 5.89 Å². The molecule has 0 fully saturated rings. The van der Waals surface area contributed by atoms with Gasteiger partial charge in [-0.1, -0.05) is 89.6 Å². The number of benzene rings is 5. The third-order valence-electron chi connectivity index (χ3n) is 8.07. The van der Waals surface area contributed by atoms with Crippen LogP contribution in [-0.2, 0) is 23.9 Å². The molecule has 6 nitrogen and oxygen atoms in total. The molecule has 6 aromatic rings. The van der Waals surface area contributed by atoms with Gasteiger partial charge in [-0.3, -0.25) is 4.79 Å². The number of rotatable bonds is 10. The van der Waals surface area contributed by atoms with Crippen LogP contribution in [0.2, 0.25) is 5.02 Å². The maximum absolute atomic E-state index is 13.7. The minimum Gasteiger partial charge on any atom is -0.426 e. The monoisotopic (exact) mass is 699 g/mol. The minimum atomic E-state index is -4.47. The zero-order chi connectivity index (χ0) is 35.4. The molecular weight excluding hydrogens is 670 g/mol. The summed E-state index contributed by atoms with van der Waals surface area (Å²) in [5.41, 5.74) is 4.92. The molecule has 1 N–H and O–H groups in total. The number of nitrogens with zero attached hydrogens (tertiary/aromatic N) is 2. The first kappa shape index (κ1) is 34.5. The number of carbonyl (C=O) groups is 1. The number of aromatic nitrogens is 2. The number of halogens is 5. The highest BCUT2D eigenvalue weighted by Gasteiger charge is 2.30. The summed E-state index contributed by atoms with van der Waals surface area (Å²) in [7, 11) is 0. The van der Waals surface area contributed by atoms with Crippen LogP contribution in [-0.4, -0.2) is 16.1 Å². The molecule has 0 saturated heterocycles. The lowest BCUT2D eigenvalue weighted by atomic mass is 9.94. The lowest BCUT2D eigenvalue weighted by molar-refractivity contribution is -0.137. The predicted octanol–water partition coefficient (Wildman–Crippen LogP) is 10.2. The van der Waals surface area contributed by atoms with Gasteiger partial charge in [0.05, 0.1) is 16.6 Å². The van der Waals surface area contributed by atoms with Crippen LogP contribution in [0.1, 0.15) is 41.4 Å². The Labute approximate surface area is 290 Å². The van der Waals surface area contributed by atoms with Crippen molar-refractivity contribution in [3.63, 3.8) is 0 Å². The molecule has 0 bridgehead atoms. The summed E-state index contributed by atoms with van der Waals surface area (Å²) in [6.45, 7) is 3.18. The molecule has 254 valence electrons. The number of alkyl halides is 3. The summed E-state index contributed by atoms with van der Waals surface area (Å²) in [5.74, 6) is 0.0834. The van der Waals surface area contributed by atoms with Gasteiger partial charge >= 0.3 is 12.1 Å². The Kier molecular flexibility index (Phi) is 10.1. The van der Waals surface area contributed by atoms with E-state index >= 15 is 0 Å². The third-order valence-corrected chi connectivity index (χ3v) is 8.36. The molecule has 0 radical (unpaired) electrons. The Bertz CT molecular complexity index is 2120. The van der Waals surface area contributed by atoms with Gasteiger partial charge < -0.3 is 14.6 Å². The quantitative estimate of drug-likeness (QED) is 0.0871. The largest absolute Gasteiger partial charge is 0.426 e. The molecule has 50 heavy (non-hydrogen) atoms. The fraction of sp³-hybridized carbons (Fsp3) is 0.154. The Balaban J connectivity index is 1.36. The maximum atomic E-state index is 13.7. The number of hydrogen-bond donors (Lipinski definition) is 1. The first-order chi connectivity index (χ1) is 23.9. The fourth-order valence-corrected chi connectivity index (χ4v) is 5.79. The van der Waals surface area contributed by atoms with E-state index < -0.39 is 29.6 Å². The molecular formula is C39H30ClF4N3O3. The number of carbonyl (C=O) groups excluding carboxylic acids is 1. The molecule has 1 atom stereocenters. The number of nitrogens with one attached hydrogen (secondary N) is 1. The van der Waals surface area contributed by atoms with E-state index in [-0.39, 0.29) is 11.6 Å². The SMILES string of the molecule is CC(=O)Oc1c(CN[C@H](Cc2ccc(-c3ccc(F)c(Cl)c3)cc2)c2nc(C)no2)cc(-c2ccc(C(F)(F)F)cc2)cc1-c1ccccc1. The molecule has 0 aliphatic carbocycles. The Morgan fingerprint density at radius 2 is 1.52 bits per heavy atom. The number of ether oxygens (including phenoxy) is 1. The average molecular weight is 700 g/mol. The first-order valence-corrected chi connectivity index (χ1v) is 16.0. The van der Waals surface area contributed by atoms with Crippen molar-refractivity contribution in [1.82, 2.24) is 15.5 Å². The molecule has 5 aromatic carbocycles. The van der Waals surface area contributed by atoms with Gasteiger partial charge in [0.15, 0.2) is 5.82 Å². The van der Waals surface area contributed by atoms with Crippen LogP contribution in [0.25, 0.3) is 33.4 Å². The van der Waals surface area contributed by atoms with E-state index in [1.165, 1.54) is 25.1 Å². The number of hydrogen-bond acceptors (Lipinski definition) is 6. The van der Waals surface area contributed by atoms with Crippen molar-refractivity contribution >= 4 is 17.6 Å². The van der Waals surface area contributed by atoms with E-state index in [1.807, 2.05) is 54.6 Å². The Hall–Kier alpha value is -5.32. The van der Waals surface area contributed by atoms with Crippen LogP contribution < -0.4 is 10.1 Å². The molecule has 11 heteroatoms. The minimum absolute atomic E-state index is 0.0357. The molecule has 0 amide bonds. The molecule has 0 aliphatic rings. The van der Waals surface area contributed by atoms with Crippen LogP contribution in [0.4, 0.5) is 17.6 Å². The van der Waals surface area contributed by atoms with Crippen LogP contribution in [0.3, 0.4) is 0 Å². The lowest BCUT2D eigenvalue weighted by Crippen LogP contribution is -2.24. The highest BCUT2D eigenvalue weighted by atomic mass is 35.5. The topological polar surface area (TPSA) is 77.2 Å². The van der Waals surface area contributed by atoms with Crippen LogP contribution in [0, 0.1) is 12.7 Å². The molecule has 0 aliphatic heterocycles. The molecule has 0 saturated carbocycles. The van der Waals surface area contributed by atoms with Crippen molar-refractivity contribution < 1.29 is 31.6 Å². The summed E-state index contributed by atoms with van der Waals surface area (Å²) >= 11 is 5.99. The standard InChI is InChI=1S/C39H30ClF4N3O3/c1-23-46-38(50-47-23)36(18-25-8-10-26(11-9-25)29-14-17-35(41)34(40)21-29)45-22-31-19-30(27-12-15-32(16-13-27)39(42,43)44)20-33(37(31)49-24(2)48)28-6-4-3-5-7-28/h3-17,19-21,36,45H,18,22H2,1-2H3/t36-/m1/s1. The van der Waals surface area contributed by atoms with Crippen LogP contribution in [0.15, 0.2) is 114 Å². The second-order valence-corrected chi connectivity index (χ2v) is 12.1. The van der Waals surface area contributed by atoms with Gasteiger partial charge in [0.1, 0.15) is 11.6 Å². The average Bonchev–Trinajstić information content (AvgIpc) is 3.54. The zero-order valence-electron chi connectivity index (χ0n) is 26.9. The summed E-state index contributed by atoms with van der Waals surface area (Å²) < 4.78 is 65.2. The van der Waals surface area contributed by atoms with Crippen LogP contribution >= 0.6 is 11.6 Å². The number of aryl methyl sites for hydroxylation is 1. The predicted molar refractivity (Wildman–Crippen MR) is 183 cm³/mol. The third kappa shape index (κ3) is 8.10. The smallest absolute Gasteiger partial charge is 0.416 e. The first-order valence-electron chi connectivity index (χ1n) is 15.6. The Morgan fingerprint density at radius 1 is 0.860 bits per heavy atom. The van der Waals surface area contributed by atoms with Gasteiger partial charge in [-0.05, 0) is 83.1 Å². The Morgan fingerprint density at radius 3 is 2.14 bits per heavy atom. The van der Waals surface area contributed by atoms with Gasteiger partial charge in [0.25, 0.3) is 0 Å². The summed E-state index contributed by atoms with van der Waals surface area (Å²) in [5, 5.41) is 7.49. The molecule has 0 spiro atoms.